The van der Waals surface area contributed by atoms with Gasteiger partial charge in [-0.2, -0.15) is 0 Å². The number of hydrogen-bond acceptors (Lipinski definition) is 5. The highest BCUT2D eigenvalue weighted by Gasteiger charge is 2.45. The average Bonchev–Trinajstić information content (AvgIpc) is 3.08. The zero-order valence-corrected chi connectivity index (χ0v) is 21.6. The van der Waals surface area contributed by atoms with E-state index in [0.717, 1.165) is 16.9 Å². The van der Waals surface area contributed by atoms with Crippen LogP contribution in [0.5, 0.6) is 11.5 Å². The molecule has 1 amide bonds. The molecule has 1 aliphatic rings. The fraction of sp³-hybridized carbons (Fsp3) is 0.448. The van der Waals surface area contributed by atoms with Crippen LogP contribution in [-0.4, -0.2) is 41.5 Å². The van der Waals surface area contributed by atoms with Crippen LogP contribution >= 0.6 is 0 Å². The lowest BCUT2D eigenvalue weighted by Crippen LogP contribution is -2.30. The Hall–Kier alpha value is -3.28. The number of ether oxygens (including phenoxy) is 2. The molecule has 1 fully saturated rings. The minimum absolute atomic E-state index is 0.100. The van der Waals surface area contributed by atoms with E-state index < -0.39 is 17.7 Å². The van der Waals surface area contributed by atoms with Gasteiger partial charge in [-0.25, -0.2) is 0 Å². The van der Waals surface area contributed by atoms with E-state index in [1.807, 2.05) is 64.1 Å². The average molecular weight is 480 g/mol. The van der Waals surface area contributed by atoms with Gasteiger partial charge in [0.25, 0.3) is 11.7 Å². The van der Waals surface area contributed by atoms with Crippen molar-refractivity contribution in [1.82, 2.24) is 4.90 Å². The molecule has 188 valence electrons. The number of Topliss-reactive ketones (excluding diaryl/α,β-unsaturated/α-hetero) is 1. The van der Waals surface area contributed by atoms with Crippen molar-refractivity contribution in [3.05, 3.63) is 64.7 Å². The Morgan fingerprint density at radius 3 is 2.40 bits per heavy atom. The molecule has 35 heavy (non-hydrogen) atoms. The zero-order valence-electron chi connectivity index (χ0n) is 21.6. The molecule has 6 nitrogen and oxygen atoms in total. The van der Waals surface area contributed by atoms with Gasteiger partial charge in [-0.05, 0) is 66.6 Å². The van der Waals surface area contributed by atoms with Crippen LogP contribution in [0.15, 0.2) is 48.0 Å². The largest absolute Gasteiger partial charge is 0.507 e. The summed E-state index contributed by atoms with van der Waals surface area (Å²) in [6, 6.07) is 12.1. The van der Waals surface area contributed by atoms with Gasteiger partial charge in [-0.15, -0.1) is 0 Å². The lowest BCUT2D eigenvalue weighted by atomic mass is 9.93. The Balaban J connectivity index is 2.14. The molecular formula is C29H37NO5. The van der Waals surface area contributed by atoms with E-state index in [9.17, 15) is 14.7 Å². The normalized spacial score (nSPS) is 17.5. The van der Waals surface area contributed by atoms with Gasteiger partial charge in [-0.3, -0.25) is 9.59 Å². The van der Waals surface area contributed by atoms with Crippen molar-refractivity contribution in [3.8, 4) is 11.5 Å². The van der Waals surface area contributed by atoms with Gasteiger partial charge < -0.3 is 19.5 Å². The minimum atomic E-state index is -0.688. The van der Waals surface area contributed by atoms with Crippen LogP contribution in [0, 0.1) is 5.92 Å². The molecule has 3 rings (SSSR count). The summed E-state index contributed by atoms with van der Waals surface area (Å²) < 4.78 is 11.6. The second-order valence-corrected chi connectivity index (χ2v) is 9.61. The van der Waals surface area contributed by atoms with Crippen LogP contribution in [0.4, 0.5) is 0 Å². The van der Waals surface area contributed by atoms with Crippen LogP contribution in [0.3, 0.4) is 0 Å². The molecule has 2 aromatic rings. The van der Waals surface area contributed by atoms with Gasteiger partial charge >= 0.3 is 0 Å². The molecule has 1 aliphatic heterocycles. The topological polar surface area (TPSA) is 76.1 Å². The number of hydrogen-bond donors (Lipinski definition) is 1. The summed E-state index contributed by atoms with van der Waals surface area (Å²) >= 11 is 0. The Kier molecular flexibility index (Phi) is 8.60. The van der Waals surface area contributed by atoms with E-state index in [1.165, 1.54) is 0 Å². The predicted molar refractivity (Wildman–Crippen MR) is 138 cm³/mol. The standard InChI is InChI=1S/C29H37NO5/c1-7-14-30-26(20-10-9-11-22(15-20)35-17-18(3)4)25(28(32)29(30)33)27(31)21-12-13-24(34-8-2)23(16-21)19(5)6/h9-13,15-16,18-19,26,31H,7-8,14,17H2,1-6H3/b27-25+. The van der Waals surface area contributed by atoms with Crippen LogP contribution in [0.2, 0.25) is 0 Å². The number of aliphatic hydroxyl groups excluding tert-OH is 1. The highest BCUT2D eigenvalue weighted by molar-refractivity contribution is 6.46. The highest BCUT2D eigenvalue weighted by Crippen LogP contribution is 2.41. The smallest absolute Gasteiger partial charge is 0.295 e. The van der Waals surface area contributed by atoms with Gasteiger partial charge in [0.2, 0.25) is 0 Å². The molecule has 0 aliphatic carbocycles. The molecule has 0 spiro atoms. The number of amides is 1. The summed E-state index contributed by atoms with van der Waals surface area (Å²) in [7, 11) is 0. The molecule has 0 bridgehead atoms. The van der Waals surface area contributed by atoms with Gasteiger partial charge in [0.05, 0.1) is 24.8 Å². The zero-order chi connectivity index (χ0) is 25.7. The second kappa shape index (κ2) is 11.4. The van der Waals surface area contributed by atoms with E-state index in [-0.39, 0.29) is 17.3 Å². The third kappa shape index (κ3) is 5.69. The van der Waals surface area contributed by atoms with Crippen molar-refractivity contribution >= 4 is 17.4 Å². The first-order valence-corrected chi connectivity index (χ1v) is 12.5. The predicted octanol–water partition coefficient (Wildman–Crippen LogP) is 6.08. The molecule has 2 aromatic carbocycles. The lowest BCUT2D eigenvalue weighted by molar-refractivity contribution is -0.139. The Labute approximate surface area is 208 Å². The SMILES string of the molecule is CCCN1C(=O)C(=O)/C(=C(/O)c2ccc(OCC)c(C(C)C)c2)C1c1cccc(OCC(C)C)c1. The van der Waals surface area contributed by atoms with E-state index in [2.05, 4.69) is 13.8 Å². The molecule has 1 heterocycles. The molecule has 1 atom stereocenters. The quantitative estimate of drug-likeness (QED) is 0.254. The molecule has 1 N–H and O–H groups in total. The number of aliphatic hydroxyl groups is 1. The van der Waals surface area contributed by atoms with Crippen LogP contribution < -0.4 is 9.47 Å². The molecule has 1 saturated heterocycles. The van der Waals surface area contributed by atoms with Crippen LogP contribution in [0.25, 0.3) is 5.76 Å². The summed E-state index contributed by atoms with van der Waals surface area (Å²) in [6.45, 7) is 13.6. The monoisotopic (exact) mass is 479 g/mol. The Bertz CT molecular complexity index is 1100. The number of carbonyl (C=O) groups excluding carboxylic acids is 2. The maximum absolute atomic E-state index is 13.2. The highest BCUT2D eigenvalue weighted by atomic mass is 16.5. The minimum Gasteiger partial charge on any atom is -0.507 e. The second-order valence-electron chi connectivity index (χ2n) is 9.61. The molecule has 6 heteroatoms. The molecular weight excluding hydrogens is 442 g/mol. The third-order valence-electron chi connectivity index (χ3n) is 5.97. The first-order valence-electron chi connectivity index (χ1n) is 12.5. The molecule has 0 saturated carbocycles. The van der Waals surface area contributed by atoms with E-state index in [4.69, 9.17) is 9.47 Å². The van der Waals surface area contributed by atoms with Crippen molar-refractivity contribution in [1.29, 1.82) is 0 Å². The fourth-order valence-corrected chi connectivity index (χ4v) is 4.32. The van der Waals surface area contributed by atoms with Gasteiger partial charge in [0, 0.05) is 12.1 Å². The first-order chi connectivity index (χ1) is 16.7. The van der Waals surface area contributed by atoms with Crippen LogP contribution in [0.1, 0.15) is 76.6 Å². The number of benzene rings is 2. The van der Waals surface area contributed by atoms with Crippen molar-refractivity contribution in [2.75, 3.05) is 19.8 Å². The first kappa shape index (κ1) is 26.3. The van der Waals surface area contributed by atoms with E-state index in [0.29, 0.717) is 43.4 Å². The third-order valence-corrected chi connectivity index (χ3v) is 5.97. The fourth-order valence-electron chi connectivity index (χ4n) is 4.32. The van der Waals surface area contributed by atoms with Crippen molar-refractivity contribution in [3.63, 3.8) is 0 Å². The maximum atomic E-state index is 13.2. The Morgan fingerprint density at radius 1 is 1.03 bits per heavy atom. The van der Waals surface area contributed by atoms with Crippen molar-refractivity contribution in [2.24, 2.45) is 5.92 Å². The molecule has 0 radical (unpaired) electrons. The van der Waals surface area contributed by atoms with Crippen molar-refractivity contribution in [2.45, 2.75) is 59.9 Å². The van der Waals surface area contributed by atoms with E-state index in [1.54, 1.807) is 11.0 Å². The number of ketones is 1. The number of rotatable bonds is 10. The number of nitrogens with zero attached hydrogens (tertiary/aromatic N) is 1. The maximum Gasteiger partial charge on any atom is 0.295 e. The Morgan fingerprint density at radius 2 is 1.77 bits per heavy atom. The van der Waals surface area contributed by atoms with Crippen molar-refractivity contribution < 1.29 is 24.2 Å². The summed E-state index contributed by atoms with van der Waals surface area (Å²) in [5.41, 5.74) is 2.25. The lowest BCUT2D eigenvalue weighted by Gasteiger charge is -2.25. The summed E-state index contributed by atoms with van der Waals surface area (Å²) in [5, 5.41) is 11.4. The number of likely N-dealkylation sites (tertiary alicyclic amines) is 1. The van der Waals surface area contributed by atoms with Gasteiger partial charge in [0.15, 0.2) is 0 Å². The summed E-state index contributed by atoms with van der Waals surface area (Å²) in [4.78, 5) is 27.8. The van der Waals surface area contributed by atoms with Crippen LogP contribution in [-0.2, 0) is 9.59 Å². The molecule has 0 aromatic heterocycles. The summed E-state index contributed by atoms with van der Waals surface area (Å²) in [6.07, 6.45) is 0.688. The molecule has 1 unspecified atom stereocenters. The number of carbonyl (C=O) groups is 2. The van der Waals surface area contributed by atoms with Gasteiger partial charge in [-0.1, -0.05) is 46.8 Å². The van der Waals surface area contributed by atoms with Gasteiger partial charge in [0.1, 0.15) is 17.3 Å². The van der Waals surface area contributed by atoms with E-state index >= 15 is 0 Å². The summed E-state index contributed by atoms with van der Waals surface area (Å²) in [5.74, 6) is 0.483.